The van der Waals surface area contributed by atoms with E-state index in [9.17, 15) is 4.79 Å². The van der Waals surface area contributed by atoms with Gasteiger partial charge < -0.3 is 4.74 Å². The summed E-state index contributed by atoms with van der Waals surface area (Å²) in [5, 5.41) is 2.73. The van der Waals surface area contributed by atoms with Crippen LogP contribution in [0.2, 0.25) is 0 Å². The van der Waals surface area contributed by atoms with Gasteiger partial charge in [0.2, 0.25) is 0 Å². The van der Waals surface area contributed by atoms with Crippen LogP contribution in [0.1, 0.15) is 35.8 Å². The first-order valence-corrected chi connectivity index (χ1v) is 6.16. The fraction of sp³-hybridized carbons (Fsp3) is 0.600. The Hall–Kier alpha value is -0.610. The number of carbonyl (C=O) groups excluding carboxylic acids is 1. The summed E-state index contributed by atoms with van der Waals surface area (Å²) in [5.74, 6) is -0.199. The van der Waals surface area contributed by atoms with Crippen LogP contribution in [0.15, 0.2) is 5.38 Å². The van der Waals surface area contributed by atoms with Gasteiger partial charge in [-0.2, -0.15) is 0 Å². The smallest absolute Gasteiger partial charge is 0.305 e. The molecule has 0 aliphatic carbocycles. The highest BCUT2D eigenvalue weighted by Crippen LogP contribution is 2.26. The SMILES string of the molecule is CCOC(=O)CCC(Cl)c1csc(C)n1. The molecule has 0 fully saturated rings. The highest BCUT2D eigenvalue weighted by atomic mass is 35.5. The molecule has 1 unspecified atom stereocenters. The van der Waals surface area contributed by atoms with Crippen molar-refractivity contribution >= 4 is 28.9 Å². The van der Waals surface area contributed by atoms with Gasteiger partial charge in [-0.05, 0) is 20.3 Å². The Labute approximate surface area is 98.4 Å². The number of aryl methyl sites for hydroxylation is 1. The fourth-order valence-corrected chi connectivity index (χ4v) is 2.11. The van der Waals surface area contributed by atoms with Crippen LogP contribution in [-0.2, 0) is 9.53 Å². The topological polar surface area (TPSA) is 39.2 Å². The van der Waals surface area contributed by atoms with Crippen LogP contribution < -0.4 is 0 Å². The fourth-order valence-electron chi connectivity index (χ4n) is 1.15. The van der Waals surface area contributed by atoms with E-state index in [2.05, 4.69) is 4.98 Å². The first-order valence-electron chi connectivity index (χ1n) is 4.85. The number of hydrogen-bond acceptors (Lipinski definition) is 4. The molecule has 0 saturated carbocycles. The normalized spacial score (nSPS) is 12.5. The van der Waals surface area contributed by atoms with Gasteiger partial charge in [0.25, 0.3) is 0 Å². The maximum atomic E-state index is 11.1. The van der Waals surface area contributed by atoms with Gasteiger partial charge in [0.15, 0.2) is 0 Å². The van der Waals surface area contributed by atoms with E-state index < -0.39 is 0 Å². The van der Waals surface area contributed by atoms with Gasteiger partial charge in [-0.1, -0.05) is 0 Å². The molecule has 0 N–H and O–H groups in total. The molecular weight excluding hydrogens is 234 g/mol. The van der Waals surface area contributed by atoms with E-state index in [0.717, 1.165) is 10.7 Å². The molecule has 0 amide bonds. The largest absolute Gasteiger partial charge is 0.466 e. The van der Waals surface area contributed by atoms with Crippen LogP contribution in [-0.4, -0.2) is 17.6 Å². The first kappa shape index (κ1) is 12.5. The van der Waals surface area contributed by atoms with Crippen molar-refractivity contribution in [3.8, 4) is 0 Å². The van der Waals surface area contributed by atoms with Gasteiger partial charge in [0, 0.05) is 11.8 Å². The summed E-state index contributed by atoms with van der Waals surface area (Å²) in [6.45, 7) is 4.14. The second kappa shape index (κ2) is 6.08. The molecule has 0 radical (unpaired) electrons. The predicted molar refractivity (Wildman–Crippen MR) is 61.3 cm³/mol. The standard InChI is InChI=1S/C10H14ClNO2S/c1-3-14-10(13)5-4-8(11)9-6-15-7(2)12-9/h6,8H,3-5H2,1-2H3. The molecule has 0 aliphatic heterocycles. The Kier molecular flexibility index (Phi) is 5.05. The lowest BCUT2D eigenvalue weighted by atomic mass is 10.2. The third kappa shape index (κ3) is 4.18. The number of nitrogens with zero attached hydrogens (tertiary/aromatic N) is 1. The van der Waals surface area contributed by atoms with E-state index in [1.807, 2.05) is 12.3 Å². The zero-order valence-corrected chi connectivity index (χ0v) is 10.4. The van der Waals surface area contributed by atoms with Gasteiger partial charge in [0.1, 0.15) is 0 Å². The molecule has 1 atom stereocenters. The van der Waals surface area contributed by atoms with Crippen LogP contribution in [0.3, 0.4) is 0 Å². The average molecular weight is 248 g/mol. The number of carbonyl (C=O) groups is 1. The number of esters is 1. The highest BCUT2D eigenvalue weighted by Gasteiger charge is 2.13. The van der Waals surface area contributed by atoms with Crippen molar-refractivity contribution < 1.29 is 9.53 Å². The monoisotopic (exact) mass is 247 g/mol. The van der Waals surface area contributed by atoms with E-state index in [-0.39, 0.29) is 11.3 Å². The number of aromatic nitrogens is 1. The van der Waals surface area contributed by atoms with Crippen molar-refractivity contribution in [1.82, 2.24) is 4.98 Å². The van der Waals surface area contributed by atoms with Gasteiger partial charge >= 0.3 is 5.97 Å². The van der Waals surface area contributed by atoms with Crippen LogP contribution in [0, 0.1) is 6.92 Å². The van der Waals surface area contributed by atoms with Gasteiger partial charge in [0.05, 0.1) is 22.7 Å². The van der Waals surface area contributed by atoms with Crippen LogP contribution in [0.5, 0.6) is 0 Å². The first-order chi connectivity index (χ1) is 7.13. The molecule has 0 aromatic carbocycles. The molecule has 1 aromatic rings. The van der Waals surface area contributed by atoms with Gasteiger partial charge in [-0.25, -0.2) is 4.98 Å². The van der Waals surface area contributed by atoms with Crippen LogP contribution in [0.25, 0.3) is 0 Å². The van der Waals surface area contributed by atoms with Crippen LogP contribution >= 0.6 is 22.9 Å². The van der Waals surface area contributed by atoms with E-state index in [1.54, 1.807) is 18.3 Å². The molecule has 5 heteroatoms. The summed E-state index contributed by atoms with van der Waals surface area (Å²) >= 11 is 7.67. The third-order valence-corrected chi connectivity index (χ3v) is 3.10. The number of hydrogen-bond donors (Lipinski definition) is 0. The van der Waals surface area contributed by atoms with Crippen molar-refractivity contribution in [2.75, 3.05) is 6.61 Å². The Balaban J connectivity index is 2.36. The quantitative estimate of drug-likeness (QED) is 0.593. The van der Waals surface area contributed by atoms with Gasteiger partial charge in [-0.15, -0.1) is 22.9 Å². The Bertz CT molecular complexity index is 327. The Morgan fingerprint density at radius 3 is 3.00 bits per heavy atom. The van der Waals surface area contributed by atoms with E-state index in [4.69, 9.17) is 16.3 Å². The zero-order chi connectivity index (χ0) is 11.3. The second-order valence-electron chi connectivity index (χ2n) is 3.10. The summed E-state index contributed by atoms with van der Waals surface area (Å²) in [6, 6.07) is 0. The number of rotatable bonds is 5. The third-order valence-electron chi connectivity index (χ3n) is 1.86. The number of thiazole rings is 1. The maximum Gasteiger partial charge on any atom is 0.305 e. The van der Waals surface area contributed by atoms with Crippen molar-refractivity contribution in [1.29, 1.82) is 0 Å². The van der Waals surface area contributed by atoms with E-state index in [1.165, 1.54) is 0 Å². The lowest BCUT2D eigenvalue weighted by Crippen LogP contribution is -2.05. The summed E-state index contributed by atoms with van der Waals surface area (Å²) in [4.78, 5) is 15.4. The minimum atomic E-state index is -0.199. The highest BCUT2D eigenvalue weighted by molar-refractivity contribution is 7.09. The lowest BCUT2D eigenvalue weighted by molar-refractivity contribution is -0.143. The number of ether oxygens (including phenoxy) is 1. The second-order valence-corrected chi connectivity index (χ2v) is 4.69. The Morgan fingerprint density at radius 1 is 1.73 bits per heavy atom. The zero-order valence-electron chi connectivity index (χ0n) is 8.83. The minimum Gasteiger partial charge on any atom is -0.466 e. The van der Waals surface area contributed by atoms with E-state index in [0.29, 0.717) is 19.4 Å². The summed E-state index contributed by atoms with van der Waals surface area (Å²) < 4.78 is 4.82. The Morgan fingerprint density at radius 2 is 2.47 bits per heavy atom. The molecular formula is C10H14ClNO2S. The summed E-state index contributed by atoms with van der Waals surface area (Å²) in [7, 11) is 0. The molecule has 0 aliphatic rings. The molecule has 0 bridgehead atoms. The van der Waals surface area contributed by atoms with Gasteiger partial charge in [-0.3, -0.25) is 4.79 Å². The van der Waals surface area contributed by atoms with Crippen molar-refractivity contribution in [2.45, 2.75) is 32.1 Å². The minimum absolute atomic E-state index is 0.195. The molecule has 3 nitrogen and oxygen atoms in total. The summed E-state index contributed by atoms with van der Waals surface area (Å²) in [5.41, 5.74) is 0.850. The molecule has 1 heterocycles. The lowest BCUT2D eigenvalue weighted by Gasteiger charge is -2.05. The van der Waals surface area contributed by atoms with Crippen molar-refractivity contribution in [3.05, 3.63) is 16.1 Å². The predicted octanol–water partition coefficient (Wildman–Crippen LogP) is 3.07. The molecule has 15 heavy (non-hydrogen) atoms. The molecule has 1 rings (SSSR count). The van der Waals surface area contributed by atoms with Crippen molar-refractivity contribution in [3.63, 3.8) is 0 Å². The average Bonchev–Trinajstić information content (AvgIpc) is 2.62. The van der Waals surface area contributed by atoms with E-state index >= 15 is 0 Å². The van der Waals surface area contributed by atoms with Crippen LogP contribution in [0.4, 0.5) is 0 Å². The maximum absolute atomic E-state index is 11.1. The van der Waals surface area contributed by atoms with Crippen molar-refractivity contribution in [2.24, 2.45) is 0 Å². The number of halogens is 1. The number of alkyl halides is 1. The molecule has 0 spiro atoms. The molecule has 0 saturated heterocycles. The molecule has 84 valence electrons. The molecule has 1 aromatic heterocycles. The summed E-state index contributed by atoms with van der Waals surface area (Å²) in [6.07, 6.45) is 0.919.